The number of aromatic nitrogens is 2. The fraction of sp³-hybridized carbons (Fsp3) is 0.500. The van der Waals surface area contributed by atoms with Crippen molar-refractivity contribution in [3.05, 3.63) is 40.1 Å². The predicted octanol–water partition coefficient (Wildman–Crippen LogP) is 2.89. The van der Waals surface area contributed by atoms with Crippen LogP contribution in [0.3, 0.4) is 0 Å². The molecule has 1 aliphatic rings. The molecule has 15 heteroatoms. The van der Waals surface area contributed by atoms with Gasteiger partial charge >= 0.3 is 18.1 Å². The molecule has 3 rings (SSSR count). The highest BCUT2D eigenvalue weighted by Gasteiger charge is 2.38. The number of carbonyl (C=O) groups excluding carboxylic acids is 1. The van der Waals surface area contributed by atoms with E-state index in [0.717, 1.165) is 31.9 Å². The molecule has 11 nitrogen and oxygen atoms in total. The summed E-state index contributed by atoms with van der Waals surface area (Å²) in [5.41, 5.74) is 2.85. The van der Waals surface area contributed by atoms with Crippen LogP contribution in [0.5, 0.6) is 0 Å². The standard InChI is InChI=1S/C20H26BrN7O2.C2HF3O2/c1-14(2)12-28(19-16(21)11-23-18(10-22)24-19)25-20(29)17-5-4-15(30-17)13-27-8-6-26(3)7-9-27;3-2(4,5)1(6)7/h4-5,11,14H,6-9,12-13H2,1-3H3,(H,25,29);(H,6,7). The van der Waals surface area contributed by atoms with Gasteiger partial charge in [-0.3, -0.25) is 20.1 Å². The van der Waals surface area contributed by atoms with Crippen molar-refractivity contribution in [2.24, 2.45) is 5.92 Å². The van der Waals surface area contributed by atoms with Gasteiger partial charge < -0.3 is 14.4 Å². The zero-order valence-corrected chi connectivity index (χ0v) is 22.0. The molecule has 37 heavy (non-hydrogen) atoms. The minimum absolute atomic E-state index is 0.0312. The predicted molar refractivity (Wildman–Crippen MR) is 129 cm³/mol. The van der Waals surface area contributed by atoms with Crippen molar-refractivity contribution in [2.45, 2.75) is 26.6 Å². The molecular weight excluding hydrogens is 563 g/mol. The Morgan fingerprint density at radius 1 is 1.30 bits per heavy atom. The molecule has 0 unspecified atom stereocenters. The number of anilines is 1. The molecule has 0 bridgehead atoms. The maximum atomic E-state index is 12.8. The van der Waals surface area contributed by atoms with E-state index in [1.54, 1.807) is 11.1 Å². The summed E-state index contributed by atoms with van der Waals surface area (Å²) in [6, 6.07) is 5.45. The van der Waals surface area contributed by atoms with Crippen molar-refractivity contribution in [3.63, 3.8) is 0 Å². The lowest BCUT2D eigenvalue weighted by Gasteiger charge is -2.31. The number of carbonyl (C=O) groups is 2. The number of aliphatic carboxylic acids is 1. The van der Waals surface area contributed by atoms with Gasteiger partial charge in [0.2, 0.25) is 5.82 Å². The largest absolute Gasteiger partial charge is 0.490 e. The Labute approximate surface area is 220 Å². The number of furan rings is 1. The number of rotatable bonds is 7. The Morgan fingerprint density at radius 3 is 2.46 bits per heavy atom. The minimum Gasteiger partial charge on any atom is -0.475 e. The molecule has 2 N–H and O–H groups in total. The summed E-state index contributed by atoms with van der Waals surface area (Å²) in [5, 5.41) is 17.8. The quantitative estimate of drug-likeness (QED) is 0.463. The van der Waals surface area contributed by atoms with Crippen molar-refractivity contribution in [1.82, 2.24) is 25.2 Å². The van der Waals surface area contributed by atoms with Crippen LogP contribution in [0.15, 0.2) is 27.2 Å². The average molecular weight is 590 g/mol. The minimum atomic E-state index is -5.08. The Kier molecular flexibility index (Phi) is 10.8. The van der Waals surface area contributed by atoms with Crippen LogP contribution in [0.2, 0.25) is 0 Å². The molecule has 0 radical (unpaired) electrons. The van der Waals surface area contributed by atoms with E-state index >= 15 is 0 Å². The van der Waals surface area contributed by atoms with Crippen LogP contribution in [0.1, 0.15) is 36.0 Å². The Bertz CT molecular complexity index is 1110. The lowest BCUT2D eigenvalue weighted by Crippen LogP contribution is -2.45. The van der Waals surface area contributed by atoms with Gasteiger partial charge in [0.05, 0.1) is 11.0 Å². The lowest BCUT2D eigenvalue weighted by atomic mass is 10.2. The van der Waals surface area contributed by atoms with Gasteiger partial charge in [0.25, 0.3) is 0 Å². The van der Waals surface area contributed by atoms with Gasteiger partial charge in [-0.25, -0.2) is 9.78 Å². The first-order chi connectivity index (χ1) is 17.3. The number of amides is 1. The average Bonchev–Trinajstić information content (AvgIpc) is 3.28. The van der Waals surface area contributed by atoms with Gasteiger partial charge in [0.1, 0.15) is 11.8 Å². The number of nitriles is 1. The summed E-state index contributed by atoms with van der Waals surface area (Å²) in [5.74, 6) is -1.44. The van der Waals surface area contributed by atoms with Gasteiger partial charge in [0.15, 0.2) is 11.6 Å². The number of nitrogens with one attached hydrogen (secondary N) is 1. The second-order valence-corrected chi connectivity index (χ2v) is 9.42. The monoisotopic (exact) mass is 589 g/mol. The van der Waals surface area contributed by atoms with Crippen LogP contribution in [0.25, 0.3) is 0 Å². The fourth-order valence-electron chi connectivity index (χ4n) is 3.14. The first-order valence-corrected chi connectivity index (χ1v) is 11.9. The first kappa shape index (κ1) is 30.0. The van der Waals surface area contributed by atoms with Crippen molar-refractivity contribution in [3.8, 4) is 6.07 Å². The number of hydrazine groups is 1. The summed E-state index contributed by atoms with van der Waals surface area (Å²) in [7, 11) is 2.12. The number of carboxylic acids is 1. The number of nitrogens with zero attached hydrogens (tertiary/aromatic N) is 6. The third kappa shape index (κ3) is 9.63. The van der Waals surface area contributed by atoms with E-state index in [-0.39, 0.29) is 23.4 Å². The second kappa shape index (κ2) is 13.4. The maximum absolute atomic E-state index is 12.8. The zero-order valence-electron chi connectivity index (χ0n) is 20.4. The Morgan fingerprint density at radius 2 is 1.92 bits per heavy atom. The van der Waals surface area contributed by atoms with Gasteiger partial charge in [-0.05, 0) is 41.0 Å². The summed E-state index contributed by atoms with van der Waals surface area (Å²) in [4.78, 5) is 34.5. The third-order valence-electron chi connectivity index (χ3n) is 4.97. The van der Waals surface area contributed by atoms with E-state index < -0.39 is 12.1 Å². The van der Waals surface area contributed by atoms with E-state index in [1.807, 2.05) is 26.0 Å². The fourth-order valence-corrected chi connectivity index (χ4v) is 3.55. The number of likely N-dealkylation sites (N-methyl/N-ethyl adjacent to an activating group) is 1. The summed E-state index contributed by atoms with van der Waals surface area (Å²) in [6.45, 7) is 9.24. The van der Waals surface area contributed by atoms with E-state index in [9.17, 15) is 18.0 Å². The molecule has 2 aromatic rings. The normalized spacial score (nSPS) is 14.5. The number of alkyl halides is 3. The van der Waals surface area contributed by atoms with Crippen molar-refractivity contribution >= 4 is 33.6 Å². The number of halogens is 4. The van der Waals surface area contributed by atoms with Crippen molar-refractivity contribution in [2.75, 3.05) is 44.8 Å². The second-order valence-electron chi connectivity index (χ2n) is 8.57. The molecule has 1 fully saturated rings. The molecule has 3 heterocycles. The van der Waals surface area contributed by atoms with Crippen LogP contribution in [-0.4, -0.2) is 82.7 Å². The number of carboxylic acid groups (broad SMARTS) is 1. The molecule has 0 aromatic carbocycles. The number of hydrogen-bond donors (Lipinski definition) is 2. The van der Waals surface area contributed by atoms with Crippen molar-refractivity contribution in [1.29, 1.82) is 5.26 Å². The molecule has 2 aromatic heterocycles. The van der Waals surface area contributed by atoms with Crippen LogP contribution in [0, 0.1) is 17.2 Å². The molecule has 0 saturated carbocycles. The Hall–Kier alpha value is -3.22. The number of piperazine rings is 1. The van der Waals surface area contributed by atoms with E-state index in [4.69, 9.17) is 19.6 Å². The summed E-state index contributed by atoms with van der Waals surface area (Å²) >= 11 is 3.40. The van der Waals surface area contributed by atoms with Crippen molar-refractivity contribution < 1.29 is 32.3 Å². The molecule has 1 aliphatic heterocycles. The molecule has 0 aliphatic carbocycles. The molecular formula is C22H27BrF3N7O4. The summed E-state index contributed by atoms with van der Waals surface area (Å²) < 4.78 is 38.1. The molecule has 1 amide bonds. The van der Waals surface area contributed by atoms with Crippen LogP contribution in [0.4, 0.5) is 19.0 Å². The highest BCUT2D eigenvalue weighted by atomic mass is 79.9. The third-order valence-corrected chi connectivity index (χ3v) is 5.53. The van der Waals surface area contributed by atoms with Crippen LogP contribution >= 0.6 is 15.9 Å². The van der Waals surface area contributed by atoms with Crippen LogP contribution in [-0.2, 0) is 11.3 Å². The van der Waals surface area contributed by atoms with Gasteiger partial charge in [-0.15, -0.1) is 0 Å². The maximum Gasteiger partial charge on any atom is 0.490 e. The SMILES string of the molecule is CC(C)CN(NC(=O)c1ccc(CN2CCN(C)CC2)o1)c1nc(C#N)ncc1Br.O=C(O)C(F)(F)F. The molecule has 202 valence electrons. The lowest BCUT2D eigenvalue weighted by molar-refractivity contribution is -0.192. The van der Waals surface area contributed by atoms with Gasteiger partial charge in [-0.1, -0.05) is 13.8 Å². The highest BCUT2D eigenvalue weighted by Crippen LogP contribution is 2.23. The van der Waals surface area contributed by atoms with Gasteiger partial charge in [0, 0.05) is 38.9 Å². The zero-order chi connectivity index (χ0) is 27.8. The molecule has 1 saturated heterocycles. The van der Waals surface area contributed by atoms with Gasteiger partial charge in [-0.2, -0.15) is 23.4 Å². The first-order valence-electron chi connectivity index (χ1n) is 11.1. The summed E-state index contributed by atoms with van der Waals surface area (Å²) in [6.07, 6.45) is -3.58. The van der Waals surface area contributed by atoms with E-state index in [0.29, 0.717) is 23.4 Å². The van der Waals surface area contributed by atoms with E-state index in [2.05, 4.69) is 48.2 Å². The van der Waals surface area contributed by atoms with E-state index in [1.165, 1.54) is 6.20 Å². The highest BCUT2D eigenvalue weighted by molar-refractivity contribution is 9.10. The molecule has 0 atom stereocenters. The number of hydrogen-bond acceptors (Lipinski definition) is 9. The topological polar surface area (TPSA) is 139 Å². The smallest absolute Gasteiger partial charge is 0.475 e. The molecule has 0 spiro atoms. The Balaban J connectivity index is 0.000000604. The van der Waals surface area contributed by atoms with Crippen LogP contribution < -0.4 is 10.4 Å².